The molecule has 0 fully saturated rings. The third kappa shape index (κ3) is 3.40. The molecule has 6 heteroatoms. The average molecular weight is 238 g/mol. The number of nitrogens with one attached hydrogen (secondary N) is 1. The van der Waals surface area contributed by atoms with Crippen LogP contribution < -0.4 is 16.8 Å². The second-order valence-corrected chi connectivity index (χ2v) is 4.00. The number of pyridine rings is 1. The number of carbonyl (C=O) groups is 1. The first-order valence-corrected chi connectivity index (χ1v) is 5.36. The van der Waals surface area contributed by atoms with Crippen molar-refractivity contribution in [1.29, 1.82) is 0 Å². The van der Waals surface area contributed by atoms with Crippen molar-refractivity contribution in [3.05, 3.63) is 23.4 Å². The Labute approximate surface area is 100 Å². The van der Waals surface area contributed by atoms with E-state index in [0.717, 1.165) is 5.56 Å². The average Bonchev–Trinajstić information content (AvgIpc) is 2.24. The van der Waals surface area contributed by atoms with Gasteiger partial charge in [-0.25, -0.2) is 4.98 Å². The van der Waals surface area contributed by atoms with Gasteiger partial charge in [-0.15, -0.1) is 0 Å². The molecular weight excluding hydrogens is 220 g/mol. The molecule has 1 amide bonds. The van der Waals surface area contributed by atoms with E-state index >= 15 is 0 Å². The summed E-state index contributed by atoms with van der Waals surface area (Å²) in [5.74, 6) is -0.141. The number of nitrogens with zero attached hydrogens (tertiary/aromatic N) is 1. The van der Waals surface area contributed by atoms with Gasteiger partial charge in [0, 0.05) is 18.8 Å². The van der Waals surface area contributed by atoms with Crippen LogP contribution in [0, 0.1) is 6.92 Å². The van der Waals surface area contributed by atoms with E-state index in [2.05, 4.69) is 10.3 Å². The van der Waals surface area contributed by atoms with Gasteiger partial charge in [0.25, 0.3) is 5.91 Å². The summed E-state index contributed by atoms with van der Waals surface area (Å²) in [6.07, 6.45) is 0.946. The molecule has 0 bridgehead atoms. The molecule has 2 unspecified atom stereocenters. The van der Waals surface area contributed by atoms with E-state index in [0.29, 0.717) is 17.9 Å². The van der Waals surface area contributed by atoms with Crippen molar-refractivity contribution in [2.45, 2.75) is 26.0 Å². The van der Waals surface area contributed by atoms with Crippen LogP contribution in [0.4, 0.5) is 5.82 Å². The minimum atomic E-state index is -0.635. The largest absolute Gasteiger partial charge is 0.392 e. The lowest BCUT2D eigenvalue weighted by Gasteiger charge is -2.17. The predicted octanol–water partition coefficient (Wildman–Crippen LogP) is -0.391. The fourth-order valence-electron chi connectivity index (χ4n) is 1.39. The van der Waals surface area contributed by atoms with Crippen LogP contribution in [0.25, 0.3) is 0 Å². The highest BCUT2D eigenvalue weighted by Gasteiger charge is 2.14. The second kappa shape index (κ2) is 5.60. The molecule has 17 heavy (non-hydrogen) atoms. The fraction of sp³-hybridized carbons (Fsp3) is 0.455. The Hall–Kier alpha value is -1.66. The van der Waals surface area contributed by atoms with Crippen LogP contribution in [0.5, 0.6) is 0 Å². The normalized spacial score (nSPS) is 14.1. The number of hydrogen-bond acceptors (Lipinski definition) is 5. The Morgan fingerprint density at radius 2 is 2.29 bits per heavy atom. The number of aliphatic hydroxyl groups excluding tert-OH is 1. The number of aliphatic hydroxyl groups is 1. The van der Waals surface area contributed by atoms with Crippen LogP contribution in [0.3, 0.4) is 0 Å². The molecule has 94 valence electrons. The van der Waals surface area contributed by atoms with Gasteiger partial charge < -0.3 is 21.9 Å². The zero-order valence-corrected chi connectivity index (χ0v) is 9.97. The lowest BCUT2D eigenvalue weighted by molar-refractivity contribution is 0.1000. The van der Waals surface area contributed by atoms with Gasteiger partial charge in [-0.2, -0.15) is 0 Å². The van der Waals surface area contributed by atoms with Gasteiger partial charge in [0.1, 0.15) is 5.82 Å². The molecule has 0 aliphatic carbocycles. The number of primary amides is 1. The number of nitrogens with two attached hydrogens (primary N) is 2. The van der Waals surface area contributed by atoms with E-state index in [-0.39, 0.29) is 0 Å². The Balaban J connectivity index is 2.84. The van der Waals surface area contributed by atoms with Crippen molar-refractivity contribution in [2.75, 3.05) is 11.9 Å². The van der Waals surface area contributed by atoms with Crippen molar-refractivity contribution in [3.63, 3.8) is 0 Å². The SMILES string of the molecule is Cc1ccnc(NCC(N)C(C)O)c1C(N)=O. The van der Waals surface area contributed by atoms with Crippen LogP contribution in [0.2, 0.25) is 0 Å². The van der Waals surface area contributed by atoms with Gasteiger partial charge in [-0.05, 0) is 25.5 Å². The molecule has 0 saturated carbocycles. The molecule has 1 aromatic heterocycles. The Morgan fingerprint density at radius 1 is 1.65 bits per heavy atom. The van der Waals surface area contributed by atoms with Crippen molar-refractivity contribution in [1.82, 2.24) is 4.98 Å². The minimum absolute atomic E-state index is 0.314. The third-order valence-electron chi connectivity index (χ3n) is 2.53. The molecule has 6 N–H and O–H groups in total. The van der Waals surface area contributed by atoms with Crippen molar-refractivity contribution in [3.8, 4) is 0 Å². The first kappa shape index (κ1) is 13.4. The van der Waals surface area contributed by atoms with E-state index in [9.17, 15) is 9.90 Å². The van der Waals surface area contributed by atoms with Crippen LogP contribution in [0.1, 0.15) is 22.8 Å². The molecule has 1 heterocycles. The van der Waals surface area contributed by atoms with Gasteiger partial charge in [0.2, 0.25) is 0 Å². The van der Waals surface area contributed by atoms with E-state index in [4.69, 9.17) is 11.5 Å². The predicted molar refractivity (Wildman–Crippen MR) is 65.6 cm³/mol. The molecular formula is C11H18N4O2. The number of amides is 1. The first-order chi connectivity index (χ1) is 7.93. The molecule has 0 radical (unpaired) electrons. The molecule has 0 aliphatic heterocycles. The van der Waals surface area contributed by atoms with Gasteiger partial charge in [-0.1, -0.05) is 0 Å². The number of aromatic nitrogens is 1. The van der Waals surface area contributed by atoms with Crippen molar-refractivity contribution in [2.24, 2.45) is 11.5 Å². The van der Waals surface area contributed by atoms with Gasteiger partial charge >= 0.3 is 0 Å². The number of rotatable bonds is 5. The lowest BCUT2D eigenvalue weighted by Crippen LogP contribution is -2.39. The van der Waals surface area contributed by atoms with Crippen molar-refractivity contribution >= 4 is 11.7 Å². The summed E-state index contributed by atoms with van der Waals surface area (Å²) in [7, 11) is 0. The molecule has 0 spiro atoms. The number of hydrogen-bond donors (Lipinski definition) is 4. The van der Waals surface area contributed by atoms with E-state index in [1.54, 1.807) is 26.1 Å². The summed E-state index contributed by atoms with van der Waals surface area (Å²) >= 11 is 0. The summed E-state index contributed by atoms with van der Waals surface area (Å²) < 4.78 is 0. The van der Waals surface area contributed by atoms with Gasteiger partial charge in [0.05, 0.1) is 11.7 Å². The maximum absolute atomic E-state index is 11.3. The van der Waals surface area contributed by atoms with Gasteiger partial charge in [0.15, 0.2) is 0 Å². The fourth-order valence-corrected chi connectivity index (χ4v) is 1.39. The third-order valence-corrected chi connectivity index (χ3v) is 2.53. The first-order valence-electron chi connectivity index (χ1n) is 5.36. The second-order valence-electron chi connectivity index (χ2n) is 4.00. The van der Waals surface area contributed by atoms with E-state index in [1.807, 2.05) is 0 Å². The van der Waals surface area contributed by atoms with Crippen molar-refractivity contribution < 1.29 is 9.90 Å². The number of carbonyl (C=O) groups excluding carboxylic acids is 1. The molecule has 0 saturated heterocycles. The standard InChI is InChI=1S/C11H18N4O2/c1-6-3-4-14-11(9(6)10(13)17)15-5-8(12)7(2)16/h3-4,7-8,16H,5,12H2,1-2H3,(H2,13,17)(H,14,15). The topological polar surface area (TPSA) is 114 Å². The highest BCUT2D eigenvalue weighted by atomic mass is 16.3. The Bertz CT molecular complexity index is 406. The van der Waals surface area contributed by atoms with Gasteiger partial charge in [-0.3, -0.25) is 4.79 Å². The monoisotopic (exact) mass is 238 g/mol. The van der Waals surface area contributed by atoms with E-state index < -0.39 is 18.1 Å². The Morgan fingerprint density at radius 3 is 2.82 bits per heavy atom. The minimum Gasteiger partial charge on any atom is -0.392 e. The summed E-state index contributed by atoms with van der Waals surface area (Å²) in [5.41, 5.74) is 12.1. The summed E-state index contributed by atoms with van der Waals surface area (Å²) in [5, 5.41) is 12.2. The zero-order valence-electron chi connectivity index (χ0n) is 9.97. The summed E-state index contributed by atoms with van der Waals surface area (Å²) in [6.45, 7) is 3.70. The molecule has 1 aromatic rings. The molecule has 0 aromatic carbocycles. The van der Waals surface area contributed by atoms with Crippen LogP contribution in [-0.4, -0.2) is 34.7 Å². The molecule has 6 nitrogen and oxygen atoms in total. The van der Waals surface area contributed by atoms with Crippen LogP contribution in [-0.2, 0) is 0 Å². The van der Waals surface area contributed by atoms with E-state index in [1.165, 1.54) is 0 Å². The maximum atomic E-state index is 11.3. The summed E-state index contributed by atoms with van der Waals surface area (Å²) in [4.78, 5) is 15.3. The quantitative estimate of drug-likeness (QED) is 0.557. The highest BCUT2D eigenvalue weighted by molar-refractivity contribution is 5.98. The molecule has 2 atom stereocenters. The summed E-state index contributed by atoms with van der Waals surface area (Å²) in [6, 6.07) is 1.28. The maximum Gasteiger partial charge on any atom is 0.252 e. The zero-order chi connectivity index (χ0) is 13.0. The highest BCUT2D eigenvalue weighted by Crippen LogP contribution is 2.15. The van der Waals surface area contributed by atoms with Crippen LogP contribution in [0.15, 0.2) is 12.3 Å². The Kier molecular flexibility index (Phi) is 4.42. The molecule has 1 rings (SSSR count). The number of aryl methyl sites for hydroxylation is 1. The lowest BCUT2D eigenvalue weighted by atomic mass is 10.1. The smallest absolute Gasteiger partial charge is 0.252 e. The number of anilines is 1. The molecule has 0 aliphatic rings. The van der Waals surface area contributed by atoms with Crippen LogP contribution >= 0.6 is 0 Å².